The Morgan fingerprint density at radius 1 is 1.42 bits per heavy atom. The fraction of sp³-hybridized carbons (Fsp3) is 0.400. The van der Waals surface area contributed by atoms with E-state index in [-0.39, 0.29) is 6.61 Å². The topological polar surface area (TPSA) is 20.2 Å². The van der Waals surface area contributed by atoms with Crippen molar-refractivity contribution in [1.82, 2.24) is 0 Å². The van der Waals surface area contributed by atoms with Gasteiger partial charge < -0.3 is 5.11 Å². The van der Waals surface area contributed by atoms with Gasteiger partial charge in [-0.05, 0) is 24.5 Å². The third-order valence-electron chi connectivity index (χ3n) is 1.86. The van der Waals surface area contributed by atoms with E-state index in [9.17, 15) is 0 Å². The van der Waals surface area contributed by atoms with E-state index in [0.717, 1.165) is 6.42 Å². The SMILES string of the molecule is CC(Br)c1ccccc1CCO. The van der Waals surface area contributed by atoms with E-state index in [1.165, 1.54) is 11.1 Å². The lowest BCUT2D eigenvalue weighted by Crippen LogP contribution is -1.97. The average molecular weight is 229 g/mol. The number of halogens is 1. The normalized spacial score (nSPS) is 12.9. The molecule has 1 unspecified atom stereocenters. The molecule has 1 atom stereocenters. The largest absolute Gasteiger partial charge is 0.396 e. The van der Waals surface area contributed by atoms with Gasteiger partial charge in [0.05, 0.1) is 0 Å². The van der Waals surface area contributed by atoms with Gasteiger partial charge in [-0.25, -0.2) is 0 Å². The van der Waals surface area contributed by atoms with Crippen LogP contribution < -0.4 is 0 Å². The summed E-state index contributed by atoms with van der Waals surface area (Å²) in [4.78, 5) is 0.361. The molecule has 0 heterocycles. The van der Waals surface area contributed by atoms with Crippen LogP contribution in [0, 0.1) is 0 Å². The van der Waals surface area contributed by atoms with Crippen molar-refractivity contribution >= 4 is 15.9 Å². The Hall–Kier alpha value is -0.340. The number of hydrogen-bond acceptors (Lipinski definition) is 1. The molecule has 0 spiro atoms. The van der Waals surface area contributed by atoms with Gasteiger partial charge in [0.15, 0.2) is 0 Å². The highest BCUT2D eigenvalue weighted by Crippen LogP contribution is 2.25. The maximum atomic E-state index is 8.81. The average Bonchev–Trinajstić information content (AvgIpc) is 2.05. The van der Waals surface area contributed by atoms with E-state index in [2.05, 4.69) is 35.0 Å². The first-order valence-corrected chi connectivity index (χ1v) is 5.00. The summed E-state index contributed by atoms with van der Waals surface area (Å²) in [5, 5.41) is 8.81. The quantitative estimate of drug-likeness (QED) is 0.790. The third kappa shape index (κ3) is 2.32. The van der Waals surface area contributed by atoms with E-state index < -0.39 is 0 Å². The monoisotopic (exact) mass is 228 g/mol. The summed E-state index contributed by atoms with van der Waals surface area (Å²) in [5.41, 5.74) is 2.50. The zero-order valence-corrected chi connectivity index (χ0v) is 8.71. The molecular formula is C10H13BrO. The molecule has 0 aliphatic carbocycles. The van der Waals surface area contributed by atoms with Gasteiger partial charge in [0.25, 0.3) is 0 Å². The van der Waals surface area contributed by atoms with Crippen LogP contribution in [0.3, 0.4) is 0 Å². The highest BCUT2D eigenvalue weighted by molar-refractivity contribution is 9.09. The zero-order chi connectivity index (χ0) is 8.97. The van der Waals surface area contributed by atoms with E-state index in [1.54, 1.807) is 0 Å². The first-order valence-electron chi connectivity index (χ1n) is 4.08. The highest BCUT2D eigenvalue weighted by Gasteiger charge is 2.05. The third-order valence-corrected chi connectivity index (χ3v) is 2.36. The van der Waals surface area contributed by atoms with Crippen LogP contribution in [0.25, 0.3) is 0 Å². The Morgan fingerprint density at radius 2 is 2.08 bits per heavy atom. The molecule has 0 saturated heterocycles. The van der Waals surface area contributed by atoms with Crippen LogP contribution in [0.4, 0.5) is 0 Å². The molecule has 12 heavy (non-hydrogen) atoms. The lowest BCUT2D eigenvalue weighted by atomic mass is 10.0. The second-order valence-corrected chi connectivity index (χ2v) is 4.16. The fourth-order valence-corrected chi connectivity index (χ4v) is 1.72. The molecule has 0 bridgehead atoms. The smallest absolute Gasteiger partial charge is 0.0471 e. The van der Waals surface area contributed by atoms with Gasteiger partial charge >= 0.3 is 0 Å². The maximum Gasteiger partial charge on any atom is 0.0471 e. The highest BCUT2D eigenvalue weighted by atomic mass is 79.9. The van der Waals surface area contributed by atoms with Crippen LogP contribution in [0.15, 0.2) is 24.3 Å². The molecule has 0 aliphatic heterocycles. The lowest BCUT2D eigenvalue weighted by Gasteiger charge is -2.09. The van der Waals surface area contributed by atoms with E-state index in [0.29, 0.717) is 4.83 Å². The standard InChI is InChI=1S/C10H13BrO/c1-8(11)10-5-3-2-4-9(10)6-7-12/h2-5,8,12H,6-7H2,1H3. The molecule has 1 nitrogen and oxygen atoms in total. The summed E-state index contributed by atoms with van der Waals surface area (Å²) in [6, 6.07) is 8.17. The number of aliphatic hydroxyl groups is 1. The Bertz CT molecular complexity index is 245. The molecule has 0 radical (unpaired) electrons. The van der Waals surface area contributed by atoms with Gasteiger partial charge in [0, 0.05) is 11.4 Å². The molecule has 0 saturated carbocycles. The van der Waals surface area contributed by atoms with E-state index in [1.807, 2.05) is 12.1 Å². The molecule has 0 amide bonds. The van der Waals surface area contributed by atoms with E-state index >= 15 is 0 Å². The number of benzene rings is 1. The van der Waals surface area contributed by atoms with Crippen LogP contribution in [0.1, 0.15) is 22.9 Å². The minimum absolute atomic E-state index is 0.219. The van der Waals surface area contributed by atoms with Gasteiger partial charge in [-0.2, -0.15) is 0 Å². The van der Waals surface area contributed by atoms with Gasteiger partial charge in [-0.3, -0.25) is 0 Å². The van der Waals surface area contributed by atoms with Crippen molar-refractivity contribution in [1.29, 1.82) is 0 Å². The predicted octanol–water partition coefficient (Wildman–Crippen LogP) is 2.68. The Balaban J connectivity index is 2.92. The molecule has 1 rings (SSSR count). The fourth-order valence-electron chi connectivity index (χ4n) is 1.27. The molecule has 66 valence electrons. The lowest BCUT2D eigenvalue weighted by molar-refractivity contribution is 0.299. The zero-order valence-electron chi connectivity index (χ0n) is 7.13. The van der Waals surface area contributed by atoms with Crippen LogP contribution in [0.2, 0.25) is 0 Å². The van der Waals surface area contributed by atoms with Gasteiger partial charge in [0.2, 0.25) is 0 Å². The van der Waals surface area contributed by atoms with Crippen molar-refractivity contribution in [3.05, 3.63) is 35.4 Å². The summed E-state index contributed by atoms with van der Waals surface area (Å²) in [7, 11) is 0. The van der Waals surface area contributed by atoms with Gasteiger partial charge in [0.1, 0.15) is 0 Å². The van der Waals surface area contributed by atoms with Crippen LogP contribution >= 0.6 is 15.9 Å². The molecular weight excluding hydrogens is 216 g/mol. The molecule has 0 fully saturated rings. The van der Waals surface area contributed by atoms with E-state index in [4.69, 9.17) is 5.11 Å². The van der Waals surface area contributed by atoms with Crippen LogP contribution in [-0.2, 0) is 6.42 Å². The summed E-state index contributed by atoms with van der Waals surface area (Å²) >= 11 is 3.52. The molecule has 0 aliphatic rings. The second kappa shape index (κ2) is 4.63. The minimum Gasteiger partial charge on any atom is -0.396 e. The number of hydrogen-bond donors (Lipinski definition) is 1. The maximum absolute atomic E-state index is 8.81. The summed E-state index contributed by atoms with van der Waals surface area (Å²) in [5.74, 6) is 0. The first-order chi connectivity index (χ1) is 5.75. The van der Waals surface area contributed by atoms with Crippen molar-refractivity contribution in [2.75, 3.05) is 6.61 Å². The first kappa shape index (κ1) is 9.75. The summed E-state index contributed by atoms with van der Waals surface area (Å²) < 4.78 is 0. The van der Waals surface area contributed by atoms with Crippen molar-refractivity contribution in [2.24, 2.45) is 0 Å². The van der Waals surface area contributed by atoms with Crippen LogP contribution in [0.5, 0.6) is 0 Å². The predicted molar refractivity (Wildman–Crippen MR) is 54.6 cm³/mol. The van der Waals surface area contributed by atoms with Gasteiger partial charge in [-0.15, -0.1) is 0 Å². The molecule has 1 aromatic rings. The Labute approximate surface area is 81.6 Å². The minimum atomic E-state index is 0.219. The Kier molecular flexibility index (Phi) is 3.76. The number of alkyl halides is 1. The Morgan fingerprint density at radius 3 is 2.67 bits per heavy atom. The second-order valence-electron chi connectivity index (χ2n) is 2.79. The molecule has 1 N–H and O–H groups in total. The van der Waals surface area contributed by atoms with Crippen molar-refractivity contribution < 1.29 is 5.11 Å². The van der Waals surface area contributed by atoms with Gasteiger partial charge in [-0.1, -0.05) is 40.2 Å². The van der Waals surface area contributed by atoms with Crippen molar-refractivity contribution in [2.45, 2.75) is 18.2 Å². The van der Waals surface area contributed by atoms with Crippen LogP contribution in [-0.4, -0.2) is 11.7 Å². The number of rotatable bonds is 3. The number of aliphatic hydroxyl groups excluding tert-OH is 1. The van der Waals surface area contributed by atoms with Crippen molar-refractivity contribution in [3.8, 4) is 0 Å². The molecule has 0 aromatic heterocycles. The summed E-state index contributed by atoms with van der Waals surface area (Å²) in [6.07, 6.45) is 0.742. The summed E-state index contributed by atoms with van der Waals surface area (Å²) in [6.45, 7) is 2.31. The molecule has 2 heteroatoms. The van der Waals surface area contributed by atoms with Crippen molar-refractivity contribution in [3.63, 3.8) is 0 Å². The molecule has 1 aromatic carbocycles.